The van der Waals surface area contributed by atoms with Gasteiger partial charge in [-0.1, -0.05) is 11.6 Å². The minimum absolute atomic E-state index is 0.0529. The van der Waals surface area contributed by atoms with Gasteiger partial charge in [-0.05, 0) is 25.1 Å². The molecule has 0 radical (unpaired) electrons. The van der Waals surface area contributed by atoms with Crippen LogP contribution in [0.15, 0.2) is 18.2 Å². The third-order valence-corrected chi connectivity index (χ3v) is 5.21. The quantitative estimate of drug-likeness (QED) is 0.574. The Kier molecular flexibility index (Phi) is 4.86. The average Bonchev–Trinajstić information content (AvgIpc) is 2.56. The van der Waals surface area contributed by atoms with Crippen molar-refractivity contribution in [1.82, 2.24) is 0 Å². The Morgan fingerprint density at radius 1 is 1.38 bits per heavy atom. The lowest BCUT2D eigenvalue weighted by molar-refractivity contribution is -0.166. The van der Waals surface area contributed by atoms with Crippen LogP contribution in [0.2, 0.25) is 5.02 Å². The Morgan fingerprint density at radius 3 is 2.58 bits per heavy atom. The van der Waals surface area contributed by atoms with E-state index in [1.54, 1.807) is 0 Å². The number of hydrogen-bond acceptors (Lipinski definition) is 7. The van der Waals surface area contributed by atoms with Crippen LogP contribution in [0.1, 0.15) is 6.92 Å². The minimum atomic E-state index is -3.41. The highest BCUT2D eigenvalue weighted by atomic mass is 35.5. The SMILES string of the molecule is CC(Oc1ccc(Cl)cc1F)C(=O)OCC12COP(=O)(OC1)OC2. The lowest BCUT2D eigenvalue weighted by Crippen LogP contribution is -2.48. The zero-order valence-corrected chi connectivity index (χ0v) is 14.3. The molecule has 7 nitrogen and oxygen atoms in total. The Hall–Kier alpha value is -1.18. The van der Waals surface area contributed by atoms with E-state index in [0.29, 0.717) is 0 Å². The monoisotopic (exact) mass is 380 g/mol. The predicted octanol–water partition coefficient (Wildman–Crippen LogP) is 2.96. The Labute approximate surface area is 142 Å². The van der Waals surface area contributed by atoms with Gasteiger partial charge in [0.05, 0.1) is 25.2 Å². The number of rotatable bonds is 5. The first kappa shape index (κ1) is 17.6. The molecule has 0 aromatic heterocycles. The van der Waals surface area contributed by atoms with Gasteiger partial charge in [0.25, 0.3) is 0 Å². The van der Waals surface area contributed by atoms with Crippen molar-refractivity contribution in [3.05, 3.63) is 29.0 Å². The maximum absolute atomic E-state index is 13.7. The van der Waals surface area contributed by atoms with Crippen molar-refractivity contribution in [3.63, 3.8) is 0 Å². The standard InChI is InChI=1S/C14H15ClFO7P/c1-9(23-12-3-2-10(15)4-11(12)16)13(17)19-5-14-6-20-24(18,21-7-14)22-8-14/h2-4,9H,5-8H2,1H3. The van der Waals surface area contributed by atoms with E-state index in [0.717, 1.165) is 6.07 Å². The van der Waals surface area contributed by atoms with Crippen LogP contribution < -0.4 is 4.74 Å². The molecule has 132 valence electrons. The molecule has 0 N–H and O–H groups in total. The van der Waals surface area contributed by atoms with Gasteiger partial charge in [-0.3, -0.25) is 13.6 Å². The topological polar surface area (TPSA) is 80.3 Å². The van der Waals surface area contributed by atoms with Gasteiger partial charge in [-0.25, -0.2) is 13.8 Å². The van der Waals surface area contributed by atoms with Gasteiger partial charge in [0, 0.05) is 5.02 Å². The molecule has 2 bridgehead atoms. The van der Waals surface area contributed by atoms with Crippen LogP contribution in [0.4, 0.5) is 4.39 Å². The third-order valence-electron chi connectivity index (χ3n) is 3.64. The highest BCUT2D eigenvalue weighted by Crippen LogP contribution is 2.59. The van der Waals surface area contributed by atoms with Crippen molar-refractivity contribution in [1.29, 1.82) is 0 Å². The van der Waals surface area contributed by atoms with Crippen LogP contribution in [-0.2, 0) is 27.7 Å². The van der Waals surface area contributed by atoms with Crippen LogP contribution >= 0.6 is 19.4 Å². The summed E-state index contributed by atoms with van der Waals surface area (Å²) >= 11 is 5.65. The predicted molar refractivity (Wildman–Crippen MR) is 80.4 cm³/mol. The van der Waals surface area contributed by atoms with Gasteiger partial charge >= 0.3 is 13.8 Å². The van der Waals surface area contributed by atoms with Crippen molar-refractivity contribution < 1.29 is 36.8 Å². The van der Waals surface area contributed by atoms with Gasteiger partial charge in [0.1, 0.15) is 6.61 Å². The third kappa shape index (κ3) is 3.73. The molecule has 1 aromatic rings. The molecule has 1 atom stereocenters. The van der Waals surface area contributed by atoms with E-state index in [1.807, 2.05) is 0 Å². The fourth-order valence-corrected chi connectivity index (χ4v) is 3.84. The number of hydrogen-bond donors (Lipinski definition) is 0. The van der Waals surface area contributed by atoms with E-state index in [4.69, 9.17) is 34.6 Å². The number of benzene rings is 1. The van der Waals surface area contributed by atoms with Crippen LogP contribution in [0.5, 0.6) is 5.75 Å². The van der Waals surface area contributed by atoms with Crippen LogP contribution in [0, 0.1) is 11.2 Å². The molecule has 0 amide bonds. The maximum atomic E-state index is 13.7. The summed E-state index contributed by atoms with van der Waals surface area (Å²) in [5, 5.41) is 0.223. The second kappa shape index (κ2) is 6.61. The Morgan fingerprint density at radius 2 is 2.00 bits per heavy atom. The normalized spacial score (nSPS) is 30.0. The Balaban J connectivity index is 1.54. The average molecular weight is 381 g/mol. The summed E-state index contributed by atoms with van der Waals surface area (Å²) in [7, 11) is -3.41. The van der Waals surface area contributed by atoms with Gasteiger partial charge < -0.3 is 9.47 Å². The number of fused-ring (bicyclic) bond motifs is 3. The van der Waals surface area contributed by atoms with Gasteiger partial charge in [-0.2, -0.15) is 0 Å². The molecule has 3 saturated heterocycles. The number of esters is 1. The fraction of sp³-hybridized carbons (Fsp3) is 0.500. The van der Waals surface area contributed by atoms with Gasteiger partial charge in [0.15, 0.2) is 17.7 Å². The molecular formula is C14H15ClFO7P. The summed E-state index contributed by atoms with van der Waals surface area (Å²) in [6.45, 7) is 1.71. The molecule has 24 heavy (non-hydrogen) atoms. The summed E-state index contributed by atoms with van der Waals surface area (Å²) in [6.07, 6.45) is -1.03. The van der Waals surface area contributed by atoms with Crippen molar-refractivity contribution in [2.75, 3.05) is 26.4 Å². The van der Waals surface area contributed by atoms with Gasteiger partial charge in [-0.15, -0.1) is 0 Å². The number of carbonyl (C=O) groups is 1. The first-order chi connectivity index (χ1) is 11.3. The highest BCUT2D eigenvalue weighted by molar-refractivity contribution is 7.48. The molecule has 0 aliphatic carbocycles. The largest absolute Gasteiger partial charge is 0.476 e. The number of carbonyl (C=O) groups excluding carboxylic acids is 1. The number of ether oxygens (including phenoxy) is 2. The van der Waals surface area contributed by atoms with E-state index in [1.165, 1.54) is 19.1 Å². The highest BCUT2D eigenvalue weighted by Gasteiger charge is 2.51. The maximum Gasteiger partial charge on any atom is 0.474 e. The molecule has 1 aromatic carbocycles. The number of halogens is 2. The summed E-state index contributed by atoms with van der Waals surface area (Å²) < 4.78 is 50.8. The Bertz CT molecular complexity index is 666. The molecule has 3 aliphatic heterocycles. The fourth-order valence-electron chi connectivity index (χ4n) is 2.16. The van der Waals surface area contributed by atoms with E-state index in [9.17, 15) is 13.8 Å². The van der Waals surface area contributed by atoms with E-state index in [2.05, 4.69) is 0 Å². The van der Waals surface area contributed by atoms with E-state index < -0.39 is 31.1 Å². The lowest BCUT2D eigenvalue weighted by Gasteiger charge is -2.43. The number of phosphoric ester groups is 1. The molecule has 3 aliphatic rings. The molecule has 3 heterocycles. The molecule has 1 unspecified atom stereocenters. The van der Waals surface area contributed by atoms with E-state index in [-0.39, 0.29) is 37.2 Å². The first-order valence-electron chi connectivity index (χ1n) is 7.13. The summed E-state index contributed by atoms with van der Waals surface area (Å²) in [4.78, 5) is 12.0. The minimum Gasteiger partial charge on any atom is -0.476 e. The lowest BCUT2D eigenvalue weighted by atomic mass is 9.92. The van der Waals surface area contributed by atoms with E-state index >= 15 is 0 Å². The second-order valence-corrected chi connectivity index (χ2v) is 7.82. The summed E-state index contributed by atoms with van der Waals surface area (Å²) in [6, 6.07) is 3.86. The molecule has 10 heteroatoms. The molecule has 0 spiro atoms. The van der Waals surface area contributed by atoms with Crippen molar-refractivity contribution >= 4 is 25.4 Å². The van der Waals surface area contributed by atoms with Gasteiger partial charge in [0.2, 0.25) is 0 Å². The molecular weight excluding hydrogens is 366 g/mol. The van der Waals surface area contributed by atoms with Crippen LogP contribution in [0.25, 0.3) is 0 Å². The molecule has 4 rings (SSSR count). The summed E-state index contributed by atoms with van der Waals surface area (Å²) in [5.41, 5.74) is -0.701. The van der Waals surface area contributed by atoms with Crippen molar-refractivity contribution in [3.8, 4) is 5.75 Å². The smallest absolute Gasteiger partial charge is 0.474 e. The first-order valence-corrected chi connectivity index (χ1v) is 8.97. The van der Waals surface area contributed by atoms with Crippen molar-refractivity contribution in [2.45, 2.75) is 13.0 Å². The second-order valence-electron chi connectivity index (χ2n) is 5.71. The molecule has 0 saturated carbocycles. The zero-order chi connectivity index (χ0) is 17.4. The van der Waals surface area contributed by atoms with Crippen LogP contribution in [0.3, 0.4) is 0 Å². The van der Waals surface area contributed by atoms with Crippen molar-refractivity contribution in [2.24, 2.45) is 5.41 Å². The summed E-state index contributed by atoms with van der Waals surface area (Å²) in [5.74, 6) is -1.46. The van der Waals surface area contributed by atoms with Crippen LogP contribution in [-0.4, -0.2) is 38.5 Å². The number of phosphoric acid groups is 1. The zero-order valence-electron chi connectivity index (χ0n) is 12.7. The molecule has 3 fully saturated rings.